The monoisotopic (exact) mass is 364 g/mol. The maximum Gasteiger partial charge on any atom is 0.279 e. The van der Waals surface area contributed by atoms with E-state index in [1.165, 1.54) is 6.07 Å². The Morgan fingerprint density at radius 2 is 1.82 bits per heavy atom. The fourth-order valence-corrected chi connectivity index (χ4v) is 2.02. The Labute approximate surface area is 111 Å². The Bertz CT molecular complexity index is 643. The number of aromatic nitrogens is 2. The van der Waals surface area contributed by atoms with Crippen LogP contribution in [-0.2, 0) is 0 Å². The molecule has 1 aromatic heterocycles. The normalized spacial score (nSPS) is 10.6. The summed E-state index contributed by atoms with van der Waals surface area (Å²) in [7, 11) is 0. The van der Waals surface area contributed by atoms with E-state index in [2.05, 4.69) is 42.1 Å². The lowest BCUT2D eigenvalue weighted by Crippen LogP contribution is -2.10. The fraction of sp³-hybridized carbons (Fsp3) is 0. The molecule has 1 heterocycles. The average Bonchev–Trinajstić information content (AvgIpc) is 2.30. The van der Waals surface area contributed by atoms with Crippen molar-refractivity contribution in [1.82, 2.24) is 10.2 Å². The topological polar surface area (TPSA) is 45.8 Å². The molecule has 88 valence electrons. The fourth-order valence-electron chi connectivity index (χ4n) is 1.24. The predicted molar refractivity (Wildman–Crippen MR) is 65.6 cm³/mol. The van der Waals surface area contributed by atoms with E-state index in [1.807, 2.05) is 0 Å². The minimum Gasteiger partial charge on any atom is -0.267 e. The van der Waals surface area contributed by atoms with Crippen LogP contribution in [0.4, 0.5) is 8.78 Å². The van der Waals surface area contributed by atoms with E-state index < -0.39 is 17.2 Å². The van der Waals surface area contributed by atoms with Crippen LogP contribution < -0.4 is 5.56 Å². The zero-order chi connectivity index (χ0) is 12.6. The highest BCUT2D eigenvalue weighted by Crippen LogP contribution is 2.30. The van der Waals surface area contributed by atoms with Gasteiger partial charge in [-0.2, -0.15) is 5.10 Å². The van der Waals surface area contributed by atoms with Crippen LogP contribution in [-0.4, -0.2) is 10.2 Å². The van der Waals surface area contributed by atoms with E-state index in [1.54, 1.807) is 0 Å². The summed E-state index contributed by atoms with van der Waals surface area (Å²) in [6.45, 7) is 0. The van der Waals surface area contributed by atoms with Gasteiger partial charge in [-0.05, 0) is 50.1 Å². The molecule has 0 radical (unpaired) electrons. The van der Waals surface area contributed by atoms with Gasteiger partial charge in [0, 0.05) is 5.56 Å². The van der Waals surface area contributed by atoms with Crippen molar-refractivity contribution in [3.8, 4) is 11.3 Å². The zero-order valence-electron chi connectivity index (χ0n) is 8.10. The standard InChI is InChI=1S/C10H4Br2F2N2O/c11-7-8(12)10(17)16-15-9(7)4-1-2-5(13)6(14)3-4/h1-3H,(H,16,17). The number of aromatic amines is 1. The molecule has 0 bridgehead atoms. The van der Waals surface area contributed by atoms with Crippen molar-refractivity contribution >= 4 is 31.9 Å². The molecule has 0 saturated carbocycles. The molecule has 0 saturated heterocycles. The average molecular weight is 366 g/mol. The number of nitrogens with zero attached hydrogens (tertiary/aromatic N) is 1. The zero-order valence-corrected chi connectivity index (χ0v) is 11.3. The van der Waals surface area contributed by atoms with Gasteiger partial charge in [-0.3, -0.25) is 4.79 Å². The minimum atomic E-state index is -0.974. The van der Waals surface area contributed by atoms with E-state index in [0.29, 0.717) is 15.7 Å². The maximum atomic E-state index is 13.1. The summed E-state index contributed by atoms with van der Waals surface area (Å²) in [6.07, 6.45) is 0. The molecule has 1 N–H and O–H groups in total. The van der Waals surface area contributed by atoms with Crippen LogP contribution in [0.5, 0.6) is 0 Å². The van der Waals surface area contributed by atoms with E-state index >= 15 is 0 Å². The van der Waals surface area contributed by atoms with E-state index in [0.717, 1.165) is 12.1 Å². The van der Waals surface area contributed by atoms with Crippen molar-refractivity contribution in [2.45, 2.75) is 0 Å². The van der Waals surface area contributed by atoms with Crippen molar-refractivity contribution in [2.75, 3.05) is 0 Å². The van der Waals surface area contributed by atoms with Gasteiger partial charge in [-0.1, -0.05) is 0 Å². The van der Waals surface area contributed by atoms with Gasteiger partial charge in [-0.25, -0.2) is 13.9 Å². The summed E-state index contributed by atoms with van der Waals surface area (Å²) >= 11 is 6.23. The van der Waals surface area contributed by atoms with E-state index in [9.17, 15) is 13.6 Å². The number of benzene rings is 1. The summed E-state index contributed by atoms with van der Waals surface area (Å²) in [5, 5.41) is 6.02. The second-order valence-electron chi connectivity index (χ2n) is 3.16. The molecule has 17 heavy (non-hydrogen) atoms. The first-order chi connectivity index (χ1) is 8.00. The maximum absolute atomic E-state index is 13.1. The molecular weight excluding hydrogens is 362 g/mol. The van der Waals surface area contributed by atoms with Gasteiger partial charge in [0.15, 0.2) is 11.6 Å². The van der Waals surface area contributed by atoms with Crippen LogP contribution >= 0.6 is 31.9 Å². The lowest BCUT2D eigenvalue weighted by Gasteiger charge is -2.04. The predicted octanol–water partition coefficient (Wildman–Crippen LogP) is 3.24. The smallest absolute Gasteiger partial charge is 0.267 e. The molecule has 7 heteroatoms. The van der Waals surface area contributed by atoms with Crippen LogP contribution in [0.3, 0.4) is 0 Å². The number of hydrogen-bond acceptors (Lipinski definition) is 2. The SMILES string of the molecule is O=c1[nH]nc(-c2ccc(F)c(F)c2)c(Br)c1Br. The van der Waals surface area contributed by atoms with E-state index in [4.69, 9.17) is 0 Å². The molecule has 0 aliphatic carbocycles. The van der Waals surface area contributed by atoms with Crippen LogP contribution in [0.25, 0.3) is 11.3 Å². The first kappa shape index (κ1) is 12.4. The lowest BCUT2D eigenvalue weighted by molar-refractivity contribution is 0.509. The first-order valence-corrected chi connectivity index (χ1v) is 5.98. The molecular formula is C10H4Br2F2N2O. The highest BCUT2D eigenvalue weighted by atomic mass is 79.9. The third-order valence-corrected chi connectivity index (χ3v) is 4.12. The molecule has 0 aliphatic heterocycles. The lowest BCUT2D eigenvalue weighted by atomic mass is 10.1. The van der Waals surface area contributed by atoms with Crippen LogP contribution in [0, 0.1) is 11.6 Å². The summed E-state index contributed by atoms with van der Waals surface area (Å²) in [4.78, 5) is 11.2. The Morgan fingerprint density at radius 3 is 2.47 bits per heavy atom. The van der Waals surface area contributed by atoms with Crippen molar-refractivity contribution in [3.63, 3.8) is 0 Å². The third-order valence-electron chi connectivity index (χ3n) is 2.06. The number of hydrogen-bond donors (Lipinski definition) is 1. The van der Waals surface area contributed by atoms with Gasteiger partial charge in [0.05, 0.1) is 4.47 Å². The molecule has 0 fully saturated rings. The molecule has 0 unspecified atom stereocenters. The van der Waals surface area contributed by atoms with Crippen LogP contribution in [0.15, 0.2) is 31.9 Å². The van der Waals surface area contributed by atoms with Crippen molar-refractivity contribution in [3.05, 3.63) is 49.1 Å². The molecule has 0 amide bonds. The molecule has 1 aromatic carbocycles. The van der Waals surface area contributed by atoms with Crippen molar-refractivity contribution in [1.29, 1.82) is 0 Å². The van der Waals surface area contributed by atoms with Crippen LogP contribution in [0.1, 0.15) is 0 Å². The van der Waals surface area contributed by atoms with E-state index in [-0.39, 0.29) is 4.47 Å². The van der Waals surface area contributed by atoms with Crippen molar-refractivity contribution < 1.29 is 8.78 Å². The highest BCUT2D eigenvalue weighted by molar-refractivity contribution is 9.13. The Morgan fingerprint density at radius 1 is 1.12 bits per heavy atom. The number of halogens is 4. The second-order valence-corrected chi connectivity index (χ2v) is 4.74. The van der Waals surface area contributed by atoms with Gasteiger partial charge in [0.2, 0.25) is 0 Å². The quantitative estimate of drug-likeness (QED) is 0.843. The molecule has 0 atom stereocenters. The Hall–Kier alpha value is -1.08. The second kappa shape index (κ2) is 4.66. The third kappa shape index (κ3) is 2.30. The van der Waals surface area contributed by atoms with Crippen molar-refractivity contribution in [2.24, 2.45) is 0 Å². The summed E-state index contributed by atoms with van der Waals surface area (Å²) in [6, 6.07) is 3.38. The van der Waals surface area contributed by atoms with Gasteiger partial charge in [0.25, 0.3) is 5.56 Å². The molecule has 0 spiro atoms. The summed E-state index contributed by atoms with van der Waals surface area (Å²) in [5.41, 5.74) is 0.256. The van der Waals surface area contributed by atoms with Gasteiger partial charge in [0.1, 0.15) is 10.2 Å². The number of H-pyrrole nitrogens is 1. The largest absolute Gasteiger partial charge is 0.279 e. The summed E-state index contributed by atoms with van der Waals surface area (Å²) < 4.78 is 26.5. The minimum absolute atomic E-state index is 0.243. The Kier molecular flexibility index (Phi) is 3.39. The van der Waals surface area contributed by atoms with Gasteiger partial charge < -0.3 is 0 Å². The molecule has 3 nitrogen and oxygen atoms in total. The summed E-state index contributed by atoms with van der Waals surface area (Å²) in [5.74, 6) is -1.91. The number of rotatable bonds is 1. The van der Waals surface area contributed by atoms with Gasteiger partial charge >= 0.3 is 0 Å². The molecule has 2 aromatic rings. The first-order valence-electron chi connectivity index (χ1n) is 4.40. The highest BCUT2D eigenvalue weighted by Gasteiger charge is 2.13. The molecule has 0 aliphatic rings. The van der Waals surface area contributed by atoms with Gasteiger partial charge in [-0.15, -0.1) is 0 Å². The number of nitrogens with one attached hydrogen (secondary N) is 1. The Balaban J connectivity index is 2.65. The molecule has 2 rings (SSSR count). The van der Waals surface area contributed by atoms with Crippen LogP contribution in [0.2, 0.25) is 0 Å².